The fraction of sp³-hybridized carbons (Fsp3) is 0.600. The summed E-state index contributed by atoms with van der Waals surface area (Å²) >= 11 is 5.24. The molecule has 0 bridgehead atoms. The maximum atomic E-state index is 11.1. The van der Waals surface area contributed by atoms with Gasteiger partial charge in [0.1, 0.15) is 0 Å². The smallest absolute Gasteiger partial charge is 0.0849 e. The second-order valence-electron chi connectivity index (χ2n) is 1.13. The van der Waals surface area contributed by atoms with E-state index in [-0.39, 0.29) is 0 Å². The Balaban J connectivity index is 2.72. The quantitative estimate of drug-likeness (QED) is 0.425. The number of alkyl halides is 1. The number of hydrogen-bond acceptors (Lipinski definition) is 1. The van der Waals surface area contributed by atoms with Crippen LogP contribution in [-0.2, 0) is 4.74 Å². The van der Waals surface area contributed by atoms with Gasteiger partial charge in [-0.2, -0.15) is 0 Å². The van der Waals surface area contributed by atoms with E-state index in [0.29, 0.717) is 25.4 Å². The topological polar surface area (TPSA) is 9.23 Å². The van der Waals surface area contributed by atoms with Gasteiger partial charge in [0.2, 0.25) is 0 Å². The van der Waals surface area contributed by atoms with Gasteiger partial charge in [0.05, 0.1) is 19.5 Å². The number of hydrogen-bond donors (Lipinski definition) is 0. The van der Waals surface area contributed by atoms with Crippen molar-refractivity contribution in [3.05, 3.63) is 12.4 Å². The van der Waals surface area contributed by atoms with Crippen LogP contribution < -0.4 is 0 Å². The Labute approximate surface area is 53.1 Å². The Morgan fingerprint density at radius 3 is 2.88 bits per heavy atom. The van der Waals surface area contributed by atoms with Gasteiger partial charge in [-0.25, -0.2) is 4.39 Å². The van der Waals surface area contributed by atoms with Gasteiger partial charge < -0.3 is 4.74 Å². The zero-order valence-corrected chi connectivity index (χ0v) is 5.20. The SMILES string of the molecule is FC=CCOCCCl. The molecule has 0 aliphatic heterocycles. The molecule has 0 aliphatic rings. The standard InChI is InChI=1S/C5H8ClFO/c6-2-5-8-4-1-3-7/h1,3H,2,4-5H2. The van der Waals surface area contributed by atoms with E-state index in [1.54, 1.807) is 0 Å². The van der Waals surface area contributed by atoms with E-state index in [1.807, 2.05) is 0 Å². The van der Waals surface area contributed by atoms with Crippen LogP contribution in [0.15, 0.2) is 12.4 Å². The monoisotopic (exact) mass is 138 g/mol. The van der Waals surface area contributed by atoms with Crippen LogP contribution in [-0.4, -0.2) is 19.1 Å². The predicted molar refractivity (Wildman–Crippen MR) is 31.8 cm³/mol. The lowest BCUT2D eigenvalue weighted by Gasteiger charge is -1.92. The fourth-order valence-corrected chi connectivity index (χ4v) is 0.351. The van der Waals surface area contributed by atoms with Gasteiger partial charge in [0.15, 0.2) is 0 Å². The van der Waals surface area contributed by atoms with Crippen LogP contribution in [0.4, 0.5) is 4.39 Å². The highest BCUT2D eigenvalue weighted by Gasteiger charge is 1.78. The van der Waals surface area contributed by atoms with E-state index >= 15 is 0 Å². The summed E-state index contributed by atoms with van der Waals surface area (Å²) in [6.07, 6.45) is 1.74. The van der Waals surface area contributed by atoms with Crippen LogP contribution in [0.3, 0.4) is 0 Å². The molecular weight excluding hydrogens is 131 g/mol. The Morgan fingerprint density at radius 1 is 1.62 bits per heavy atom. The molecule has 0 atom stereocenters. The molecule has 0 heterocycles. The molecule has 0 spiro atoms. The number of ether oxygens (including phenoxy) is 1. The molecule has 0 radical (unpaired) electrons. The highest BCUT2D eigenvalue weighted by atomic mass is 35.5. The average Bonchev–Trinajstić information content (AvgIpc) is 1.81. The van der Waals surface area contributed by atoms with Gasteiger partial charge in [0.25, 0.3) is 0 Å². The maximum Gasteiger partial charge on any atom is 0.0849 e. The first-order chi connectivity index (χ1) is 3.91. The number of halogens is 2. The van der Waals surface area contributed by atoms with Gasteiger partial charge in [0, 0.05) is 5.88 Å². The van der Waals surface area contributed by atoms with E-state index in [2.05, 4.69) is 0 Å². The van der Waals surface area contributed by atoms with Gasteiger partial charge >= 0.3 is 0 Å². The minimum absolute atomic E-state index is 0.309. The lowest BCUT2D eigenvalue weighted by Crippen LogP contribution is -1.93. The summed E-state index contributed by atoms with van der Waals surface area (Å²) in [6.45, 7) is 0.787. The van der Waals surface area contributed by atoms with Crippen molar-refractivity contribution >= 4 is 11.6 Å². The zero-order chi connectivity index (χ0) is 6.24. The summed E-state index contributed by atoms with van der Waals surface area (Å²) in [7, 11) is 0. The molecule has 0 aromatic heterocycles. The van der Waals surface area contributed by atoms with Gasteiger partial charge in [-0.3, -0.25) is 0 Å². The van der Waals surface area contributed by atoms with Gasteiger partial charge in [-0.05, 0) is 6.08 Å². The third-order valence-electron chi connectivity index (χ3n) is 0.525. The summed E-state index contributed by atoms with van der Waals surface area (Å²) in [6, 6.07) is 0. The maximum absolute atomic E-state index is 11.1. The van der Waals surface area contributed by atoms with Crippen molar-refractivity contribution in [1.29, 1.82) is 0 Å². The van der Waals surface area contributed by atoms with Crippen LogP contribution >= 0.6 is 11.6 Å². The summed E-state index contributed by atoms with van der Waals surface area (Å²) in [4.78, 5) is 0. The minimum Gasteiger partial charge on any atom is -0.376 e. The zero-order valence-electron chi connectivity index (χ0n) is 4.44. The van der Waals surface area contributed by atoms with Crippen molar-refractivity contribution < 1.29 is 9.13 Å². The molecule has 48 valence electrons. The molecule has 0 saturated heterocycles. The molecule has 0 aromatic rings. The Hall–Kier alpha value is -0.0800. The van der Waals surface area contributed by atoms with Gasteiger partial charge in [-0.15, -0.1) is 11.6 Å². The molecular formula is C5H8ClFO. The van der Waals surface area contributed by atoms with Crippen molar-refractivity contribution in [1.82, 2.24) is 0 Å². The summed E-state index contributed by atoms with van der Waals surface area (Å²) in [5, 5.41) is 0. The Kier molecular flexibility index (Phi) is 6.85. The second-order valence-corrected chi connectivity index (χ2v) is 1.50. The molecule has 0 saturated carbocycles. The minimum atomic E-state index is 0.309. The van der Waals surface area contributed by atoms with Crippen molar-refractivity contribution in [3.8, 4) is 0 Å². The molecule has 0 rings (SSSR count). The molecule has 0 fully saturated rings. The normalized spacial score (nSPS) is 10.8. The van der Waals surface area contributed by atoms with E-state index in [1.165, 1.54) is 6.08 Å². The first-order valence-corrected chi connectivity index (χ1v) is 2.84. The molecule has 0 N–H and O–H groups in total. The van der Waals surface area contributed by atoms with E-state index in [9.17, 15) is 4.39 Å². The van der Waals surface area contributed by atoms with Crippen LogP contribution in [0.25, 0.3) is 0 Å². The predicted octanol–water partition coefficient (Wildman–Crippen LogP) is 1.72. The molecule has 3 heteroatoms. The van der Waals surface area contributed by atoms with Crippen LogP contribution in [0, 0.1) is 0 Å². The van der Waals surface area contributed by atoms with Crippen LogP contribution in [0.1, 0.15) is 0 Å². The van der Waals surface area contributed by atoms with E-state index < -0.39 is 0 Å². The molecule has 0 aliphatic carbocycles. The highest BCUT2D eigenvalue weighted by Crippen LogP contribution is 1.80. The summed E-state index contributed by atoms with van der Waals surface area (Å²) < 4.78 is 15.9. The van der Waals surface area contributed by atoms with Crippen molar-refractivity contribution in [2.24, 2.45) is 0 Å². The first kappa shape index (κ1) is 7.92. The van der Waals surface area contributed by atoms with Crippen molar-refractivity contribution in [2.75, 3.05) is 19.1 Å². The third-order valence-corrected chi connectivity index (χ3v) is 0.679. The van der Waals surface area contributed by atoms with E-state index in [0.717, 1.165) is 0 Å². The molecule has 8 heavy (non-hydrogen) atoms. The fourth-order valence-electron chi connectivity index (χ4n) is 0.242. The third kappa shape index (κ3) is 5.92. The van der Waals surface area contributed by atoms with Gasteiger partial charge in [-0.1, -0.05) is 0 Å². The Bertz CT molecular complexity index is 65.4. The summed E-state index contributed by atoms with van der Waals surface area (Å²) in [5.74, 6) is 0.458. The van der Waals surface area contributed by atoms with Crippen molar-refractivity contribution in [3.63, 3.8) is 0 Å². The summed E-state index contributed by atoms with van der Waals surface area (Å²) in [5.41, 5.74) is 0. The molecule has 1 nitrogen and oxygen atoms in total. The highest BCUT2D eigenvalue weighted by molar-refractivity contribution is 6.17. The average molecular weight is 139 g/mol. The van der Waals surface area contributed by atoms with E-state index in [4.69, 9.17) is 16.3 Å². The number of rotatable bonds is 4. The van der Waals surface area contributed by atoms with Crippen molar-refractivity contribution in [2.45, 2.75) is 0 Å². The van der Waals surface area contributed by atoms with Crippen LogP contribution in [0.2, 0.25) is 0 Å². The van der Waals surface area contributed by atoms with Crippen LogP contribution in [0.5, 0.6) is 0 Å². The molecule has 0 unspecified atom stereocenters. The largest absolute Gasteiger partial charge is 0.376 e. The lowest BCUT2D eigenvalue weighted by atomic mass is 10.7. The molecule has 0 aromatic carbocycles. The Morgan fingerprint density at radius 2 is 2.38 bits per heavy atom. The lowest BCUT2D eigenvalue weighted by molar-refractivity contribution is 0.179. The second kappa shape index (κ2) is 6.92. The molecule has 0 amide bonds. The first-order valence-electron chi connectivity index (χ1n) is 2.30.